The maximum Gasteiger partial charge on any atom is 0.225 e. The number of amides is 1. The number of carbonyl (C=O) groups is 1. The zero-order valence-electron chi connectivity index (χ0n) is 11.9. The van der Waals surface area contributed by atoms with E-state index in [4.69, 9.17) is 0 Å². The van der Waals surface area contributed by atoms with Crippen LogP contribution in [0.1, 0.15) is 31.2 Å². The van der Waals surface area contributed by atoms with Gasteiger partial charge in [0.15, 0.2) is 0 Å². The monoisotopic (exact) mass is 289 g/mol. The number of benzene rings is 1. The minimum Gasteiger partial charge on any atom is -0.392 e. The Bertz CT molecular complexity index is 558. The van der Waals surface area contributed by atoms with Crippen LogP contribution in [0, 0.1) is 23.6 Å². The summed E-state index contributed by atoms with van der Waals surface area (Å²) in [6.45, 7) is 0.538. The topological polar surface area (TPSA) is 40.5 Å². The van der Waals surface area contributed by atoms with Gasteiger partial charge in [0.25, 0.3) is 0 Å². The molecule has 112 valence electrons. The molecule has 1 heterocycles. The van der Waals surface area contributed by atoms with Crippen molar-refractivity contribution in [2.45, 2.75) is 44.4 Å². The van der Waals surface area contributed by atoms with Crippen LogP contribution in [-0.4, -0.2) is 28.1 Å². The summed E-state index contributed by atoms with van der Waals surface area (Å²) in [7, 11) is 0. The number of hydrogen-bond donors (Lipinski definition) is 1. The fraction of sp³-hybridized carbons (Fsp3) is 0.588. The SMILES string of the molecule is O=C1CC(O)[C@H]2[C@H]3CC[C@H](C3)[C@H]2N1Cc1ccc(F)cc1. The number of fused-ring (bicyclic) bond motifs is 5. The van der Waals surface area contributed by atoms with E-state index in [2.05, 4.69) is 0 Å². The largest absolute Gasteiger partial charge is 0.392 e. The van der Waals surface area contributed by atoms with E-state index >= 15 is 0 Å². The van der Waals surface area contributed by atoms with Crippen molar-refractivity contribution in [2.24, 2.45) is 17.8 Å². The lowest BCUT2D eigenvalue weighted by atomic mass is 9.76. The molecule has 2 saturated carbocycles. The van der Waals surface area contributed by atoms with Crippen molar-refractivity contribution in [3.05, 3.63) is 35.6 Å². The fourth-order valence-corrected chi connectivity index (χ4v) is 4.89. The lowest BCUT2D eigenvalue weighted by Crippen LogP contribution is -2.56. The number of aliphatic hydroxyl groups excluding tert-OH is 1. The molecule has 3 nitrogen and oxygen atoms in total. The van der Waals surface area contributed by atoms with Crippen LogP contribution in [-0.2, 0) is 11.3 Å². The van der Waals surface area contributed by atoms with Crippen molar-refractivity contribution >= 4 is 5.91 Å². The van der Waals surface area contributed by atoms with Crippen molar-refractivity contribution in [3.8, 4) is 0 Å². The minimum atomic E-state index is -0.470. The molecular weight excluding hydrogens is 269 g/mol. The van der Waals surface area contributed by atoms with Crippen molar-refractivity contribution in [1.82, 2.24) is 4.90 Å². The molecule has 21 heavy (non-hydrogen) atoms. The second kappa shape index (κ2) is 4.80. The van der Waals surface area contributed by atoms with Crippen LogP contribution < -0.4 is 0 Å². The van der Waals surface area contributed by atoms with Crippen LogP contribution in [0.5, 0.6) is 0 Å². The van der Waals surface area contributed by atoms with E-state index < -0.39 is 6.10 Å². The normalized spacial score (nSPS) is 37.9. The Hall–Kier alpha value is -1.42. The van der Waals surface area contributed by atoms with Gasteiger partial charge in [-0.15, -0.1) is 0 Å². The molecule has 5 atom stereocenters. The Morgan fingerprint density at radius 3 is 2.67 bits per heavy atom. The summed E-state index contributed by atoms with van der Waals surface area (Å²) in [6, 6.07) is 6.56. The predicted octanol–water partition coefficient (Wildman–Crippen LogP) is 2.33. The summed E-state index contributed by atoms with van der Waals surface area (Å²) >= 11 is 0. The summed E-state index contributed by atoms with van der Waals surface area (Å²) in [5.74, 6) is 1.16. The number of nitrogens with zero attached hydrogens (tertiary/aromatic N) is 1. The van der Waals surface area contributed by atoms with Gasteiger partial charge in [-0.25, -0.2) is 4.39 Å². The molecule has 2 aliphatic carbocycles. The molecule has 1 aliphatic heterocycles. The van der Waals surface area contributed by atoms with E-state index in [1.165, 1.54) is 25.0 Å². The first-order valence-corrected chi connectivity index (χ1v) is 7.85. The number of rotatable bonds is 2. The third kappa shape index (κ3) is 2.08. The molecule has 4 rings (SSSR count). The Kier molecular flexibility index (Phi) is 3.03. The van der Waals surface area contributed by atoms with Gasteiger partial charge in [0.1, 0.15) is 5.82 Å². The molecule has 1 aromatic carbocycles. The van der Waals surface area contributed by atoms with Gasteiger partial charge in [0.05, 0.1) is 12.5 Å². The second-order valence-electron chi connectivity index (χ2n) is 6.82. The third-order valence-electron chi connectivity index (χ3n) is 5.71. The van der Waals surface area contributed by atoms with Gasteiger partial charge >= 0.3 is 0 Å². The highest BCUT2D eigenvalue weighted by atomic mass is 19.1. The Morgan fingerprint density at radius 2 is 1.90 bits per heavy atom. The van der Waals surface area contributed by atoms with E-state index in [9.17, 15) is 14.3 Å². The number of piperidine rings is 1. The second-order valence-corrected chi connectivity index (χ2v) is 6.82. The van der Waals surface area contributed by atoms with Crippen molar-refractivity contribution < 1.29 is 14.3 Å². The highest BCUT2D eigenvalue weighted by molar-refractivity contribution is 5.78. The smallest absolute Gasteiger partial charge is 0.225 e. The average molecular weight is 289 g/mol. The lowest BCUT2D eigenvalue weighted by Gasteiger charge is -2.46. The average Bonchev–Trinajstić information content (AvgIpc) is 3.06. The number of halogens is 1. The van der Waals surface area contributed by atoms with Crippen molar-refractivity contribution in [3.63, 3.8) is 0 Å². The fourth-order valence-electron chi connectivity index (χ4n) is 4.89. The van der Waals surface area contributed by atoms with Gasteiger partial charge < -0.3 is 10.0 Å². The van der Waals surface area contributed by atoms with E-state index in [-0.39, 0.29) is 30.1 Å². The maximum absolute atomic E-state index is 13.0. The van der Waals surface area contributed by atoms with E-state index in [0.29, 0.717) is 18.4 Å². The molecule has 0 radical (unpaired) electrons. The molecule has 1 unspecified atom stereocenters. The molecule has 4 heteroatoms. The van der Waals surface area contributed by atoms with Crippen LogP contribution in [0.2, 0.25) is 0 Å². The Labute approximate surface area is 123 Å². The summed E-state index contributed by atoms with van der Waals surface area (Å²) < 4.78 is 13.0. The molecule has 1 amide bonds. The minimum absolute atomic E-state index is 0.0422. The standard InChI is InChI=1S/C17H20FNO2/c18-13-5-1-10(2-6-13)9-19-15(21)8-14(20)16-11-3-4-12(7-11)17(16)19/h1-2,5-6,11-12,14,16-17,20H,3-4,7-9H2/t11-,12+,14?,16+,17+/m0/s1. The molecule has 0 spiro atoms. The van der Waals surface area contributed by atoms with Gasteiger partial charge in [-0.2, -0.15) is 0 Å². The van der Waals surface area contributed by atoms with Gasteiger partial charge in [-0.1, -0.05) is 12.1 Å². The molecule has 3 aliphatic rings. The summed E-state index contributed by atoms with van der Waals surface area (Å²) in [5, 5.41) is 10.3. The van der Waals surface area contributed by atoms with Crippen LogP contribution in [0.25, 0.3) is 0 Å². The molecule has 3 fully saturated rings. The van der Waals surface area contributed by atoms with Gasteiger partial charge in [0, 0.05) is 18.5 Å². The zero-order chi connectivity index (χ0) is 14.6. The highest BCUT2D eigenvalue weighted by Gasteiger charge is 2.56. The number of hydrogen-bond acceptors (Lipinski definition) is 2. The summed E-state index contributed by atoms with van der Waals surface area (Å²) in [4.78, 5) is 14.3. The van der Waals surface area contributed by atoms with Crippen LogP contribution in [0.15, 0.2) is 24.3 Å². The number of aliphatic hydroxyl groups is 1. The van der Waals surface area contributed by atoms with E-state index in [0.717, 1.165) is 12.0 Å². The van der Waals surface area contributed by atoms with Crippen molar-refractivity contribution in [2.75, 3.05) is 0 Å². The predicted molar refractivity (Wildman–Crippen MR) is 75.7 cm³/mol. The zero-order valence-corrected chi connectivity index (χ0v) is 11.9. The van der Waals surface area contributed by atoms with Gasteiger partial charge in [-0.3, -0.25) is 4.79 Å². The van der Waals surface area contributed by atoms with Crippen LogP contribution in [0.4, 0.5) is 4.39 Å². The third-order valence-corrected chi connectivity index (χ3v) is 5.71. The lowest BCUT2D eigenvalue weighted by molar-refractivity contribution is -0.149. The highest BCUT2D eigenvalue weighted by Crippen LogP contribution is 2.54. The number of likely N-dealkylation sites (tertiary alicyclic amines) is 1. The quantitative estimate of drug-likeness (QED) is 0.908. The van der Waals surface area contributed by atoms with E-state index in [1.807, 2.05) is 4.90 Å². The van der Waals surface area contributed by atoms with Gasteiger partial charge in [-0.05, 0) is 48.8 Å². The summed E-state index contributed by atoms with van der Waals surface area (Å²) in [6.07, 6.45) is 3.29. The first-order chi connectivity index (χ1) is 10.1. The van der Waals surface area contributed by atoms with E-state index in [1.54, 1.807) is 12.1 Å². The first kappa shape index (κ1) is 13.3. The Morgan fingerprint density at radius 1 is 1.19 bits per heavy atom. The summed E-state index contributed by atoms with van der Waals surface area (Å²) in [5.41, 5.74) is 0.961. The molecule has 1 N–H and O–H groups in total. The molecule has 0 aromatic heterocycles. The molecule has 1 saturated heterocycles. The molecular formula is C17H20FNO2. The first-order valence-electron chi connectivity index (χ1n) is 7.85. The Balaban J connectivity index is 1.61. The number of carbonyl (C=O) groups excluding carboxylic acids is 1. The van der Waals surface area contributed by atoms with Gasteiger partial charge in [0.2, 0.25) is 5.91 Å². The molecule has 1 aromatic rings. The van der Waals surface area contributed by atoms with Crippen molar-refractivity contribution in [1.29, 1.82) is 0 Å². The van der Waals surface area contributed by atoms with Crippen LogP contribution in [0.3, 0.4) is 0 Å². The maximum atomic E-state index is 13.0. The van der Waals surface area contributed by atoms with Crippen LogP contribution >= 0.6 is 0 Å². The molecule has 2 bridgehead atoms.